The number of hydrogen-bond acceptors (Lipinski definition) is 4. The van der Waals surface area contributed by atoms with Crippen LogP contribution in [0.15, 0.2) is 41.4 Å². The lowest BCUT2D eigenvalue weighted by Crippen LogP contribution is -2.08. The van der Waals surface area contributed by atoms with Gasteiger partial charge in [-0.15, -0.1) is 0 Å². The quantitative estimate of drug-likeness (QED) is 0.936. The molecule has 0 atom stereocenters. The number of sulfone groups is 1. The van der Waals surface area contributed by atoms with Crippen molar-refractivity contribution >= 4 is 9.84 Å². The van der Waals surface area contributed by atoms with Crippen LogP contribution in [0.25, 0.3) is 0 Å². The Bertz CT molecular complexity index is 724. The van der Waals surface area contributed by atoms with Crippen molar-refractivity contribution in [2.75, 3.05) is 0 Å². The molecule has 2 rings (SSSR count). The first kappa shape index (κ1) is 14.7. The maximum Gasteiger partial charge on any atom is 0.182 e. The topological polar surface area (TPSA) is 73.0 Å². The van der Waals surface area contributed by atoms with E-state index in [1.54, 1.807) is 24.4 Å². The van der Waals surface area contributed by atoms with Gasteiger partial charge in [-0.05, 0) is 43.2 Å². The number of hydrogen-bond donors (Lipinski definition) is 1. The molecule has 0 amide bonds. The zero-order valence-corrected chi connectivity index (χ0v) is 12.4. The van der Waals surface area contributed by atoms with Crippen molar-refractivity contribution in [2.24, 2.45) is 5.73 Å². The Morgan fingerprint density at radius 1 is 1.15 bits per heavy atom. The minimum atomic E-state index is -3.35. The van der Waals surface area contributed by atoms with Crippen molar-refractivity contribution in [1.82, 2.24) is 4.98 Å². The lowest BCUT2D eigenvalue weighted by molar-refractivity contribution is 0.594. The molecule has 0 spiro atoms. The Kier molecular flexibility index (Phi) is 4.20. The second kappa shape index (κ2) is 5.73. The average molecular weight is 290 g/mol. The van der Waals surface area contributed by atoms with Gasteiger partial charge in [0.1, 0.15) is 0 Å². The molecule has 0 aliphatic heterocycles. The van der Waals surface area contributed by atoms with Crippen molar-refractivity contribution in [3.8, 4) is 0 Å². The summed E-state index contributed by atoms with van der Waals surface area (Å²) in [5.41, 5.74) is 8.75. The van der Waals surface area contributed by atoms with E-state index in [1.165, 1.54) is 0 Å². The minimum absolute atomic E-state index is 0.0353. The molecule has 0 unspecified atom stereocenters. The lowest BCUT2D eigenvalue weighted by Gasteiger charge is -2.09. The molecule has 0 fully saturated rings. The van der Waals surface area contributed by atoms with Crippen LogP contribution < -0.4 is 5.73 Å². The number of aryl methyl sites for hydroxylation is 2. The molecule has 1 heterocycles. The van der Waals surface area contributed by atoms with Crippen LogP contribution in [0.3, 0.4) is 0 Å². The fourth-order valence-electron chi connectivity index (χ4n) is 2.17. The maximum atomic E-state index is 12.5. The zero-order valence-electron chi connectivity index (χ0n) is 11.6. The molecule has 0 saturated carbocycles. The molecular weight excluding hydrogens is 272 g/mol. The van der Waals surface area contributed by atoms with Crippen molar-refractivity contribution in [3.05, 3.63) is 58.9 Å². The Morgan fingerprint density at radius 3 is 2.55 bits per heavy atom. The SMILES string of the molecule is Cc1ccc(S(=O)(=O)Cc2ccnc(CN)c2)c(C)c1. The third kappa shape index (κ3) is 3.23. The van der Waals surface area contributed by atoms with Gasteiger partial charge in [-0.3, -0.25) is 4.98 Å². The first-order chi connectivity index (χ1) is 9.42. The second-order valence-electron chi connectivity index (χ2n) is 4.89. The van der Waals surface area contributed by atoms with Crippen LogP contribution in [0.2, 0.25) is 0 Å². The standard InChI is InChI=1S/C15H18N2O2S/c1-11-3-4-15(12(2)7-11)20(18,19)10-13-5-6-17-14(8-13)9-16/h3-8H,9-10,16H2,1-2H3. The van der Waals surface area contributed by atoms with E-state index in [9.17, 15) is 8.42 Å². The second-order valence-corrected chi connectivity index (χ2v) is 6.85. The highest BCUT2D eigenvalue weighted by molar-refractivity contribution is 7.90. The highest BCUT2D eigenvalue weighted by atomic mass is 32.2. The van der Waals surface area contributed by atoms with Gasteiger partial charge in [0.15, 0.2) is 9.84 Å². The largest absolute Gasteiger partial charge is 0.325 e. The molecule has 106 valence electrons. The van der Waals surface area contributed by atoms with E-state index >= 15 is 0 Å². The van der Waals surface area contributed by atoms with Gasteiger partial charge in [0, 0.05) is 12.7 Å². The van der Waals surface area contributed by atoms with Gasteiger partial charge in [-0.25, -0.2) is 8.42 Å². The Hall–Kier alpha value is -1.72. The third-order valence-electron chi connectivity index (χ3n) is 3.11. The average Bonchev–Trinajstić information content (AvgIpc) is 2.37. The number of nitrogens with zero attached hydrogens (tertiary/aromatic N) is 1. The van der Waals surface area contributed by atoms with Crippen LogP contribution in [-0.2, 0) is 22.1 Å². The number of benzene rings is 1. The number of rotatable bonds is 4. The van der Waals surface area contributed by atoms with E-state index in [4.69, 9.17) is 5.73 Å². The van der Waals surface area contributed by atoms with E-state index in [0.717, 1.165) is 11.1 Å². The predicted molar refractivity (Wildman–Crippen MR) is 78.9 cm³/mol. The Balaban J connectivity index is 2.35. The molecule has 1 aromatic heterocycles. The first-order valence-corrected chi connectivity index (χ1v) is 8.01. The molecule has 0 radical (unpaired) electrons. The summed E-state index contributed by atoms with van der Waals surface area (Å²) in [5.74, 6) is -0.0353. The van der Waals surface area contributed by atoms with Gasteiger partial charge >= 0.3 is 0 Å². The summed E-state index contributed by atoms with van der Waals surface area (Å²) in [6.45, 7) is 4.06. The summed E-state index contributed by atoms with van der Waals surface area (Å²) in [7, 11) is -3.35. The number of nitrogens with two attached hydrogens (primary N) is 1. The molecule has 0 saturated heterocycles. The van der Waals surface area contributed by atoms with E-state index in [-0.39, 0.29) is 5.75 Å². The normalized spacial score (nSPS) is 11.6. The molecule has 4 nitrogen and oxygen atoms in total. The summed E-state index contributed by atoms with van der Waals surface area (Å²) in [5, 5.41) is 0. The van der Waals surface area contributed by atoms with Crippen molar-refractivity contribution in [3.63, 3.8) is 0 Å². The molecule has 5 heteroatoms. The summed E-state index contributed by atoms with van der Waals surface area (Å²) >= 11 is 0. The summed E-state index contributed by atoms with van der Waals surface area (Å²) in [6, 6.07) is 8.81. The highest BCUT2D eigenvalue weighted by Gasteiger charge is 2.18. The smallest absolute Gasteiger partial charge is 0.182 e. The molecule has 1 aromatic carbocycles. The molecule has 0 aliphatic rings. The van der Waals surface area contributed by atoms with Crippen LogP contribution in [0.5, 0.6) is 0 Å². The molecular formula is C15H18N2O2S. The molecule has 0 bridgehead atoms. The van der Waals surface area contributed by atoms with Gasteiger partial charge in [0.25, 0.3) is 0 Å². The highest BCUT2D eigenvalue weighted by Crippen LogP contribution is 2.21. The van der Waals surface area contributed by atoms with E-state index in [1.807, 2.05) is 26.0 Å². The fourth-order valence-corrected chi connectivity index (χ4v) is 3.77. The maximum absolute atomic E-state index is 12.5. The third-order valence-corrected chi connectivity index (χ3v) is 4.95. The monoisotopic (exact) mass is 290 g/mol. The molecule has 20 heavy (non-hydrogen) atoms. The van der Waals surface area contributed by atoms with Crippen LogP contribution in [0.1, 0.15) is 22.4 Å². The van der Waals surface area contributed by atoms with Crippen LogP contribution in [0.4, 0.5) is 0 Å². The van der Waals surface area contributed by atoms with Crippen molar-refractivity contribution in [1.29, 1.82) is 0 Å². The fraction of sp³-hybridized carbons (Fsp3) is 0.267. The predicted octanol–water partition coefficient (Wildman–Crippen LogP) is 2.13. The zero-order chi connectivity index (χ0) is 14.8. The summed E-state index contributed by atoms with van der Waals surface area (Å²) < 4.78 is 25.0. The Labute approximate surface area is 119 Å². The summed E-state index contributed by atoms with van der Waals surface area (Å²) in [6.07, 6.45) is 1.59. The van der Waals surface area contributed by atoms with E-state index in [2.05, 4.69) is 4.98 Å². The van der Waals surface area contributed by atoms with E-state index < -0.39 is 9.84 Å². The van der Waals surface area contributed by atoms with E-state index in [0.29, 0.717) is 22.7 Å². The van der Waals surface area contributed by atoms with Gasteiger partial charge in [-0.1, -0.05) is 17.7 Å². The Morgan fingerprint density at radius 2 is 1.90 bits per heavy atom. The van der Waals surface area contributed by atoms with Crippen LogP contribution in [0, 0.1) is 13.8 Å². The molecule has 2 aromatic rings. The van der Waals surface area contributed by atoms with Gasteiger partial charge in [0.05, 0.1) is 16.3 Å². The van der Waals surface area contributed by atoms with Gasteiger partial charge in [0.2, 0.25) is 0 Å². The van der Waals surface area contributed by atoms with Crippen LogP contribution >= 0.6 is 0 Å². The summed E-state index contributed by atoms with van der Waals surface area (Å²) in [4.78, 5) is 4.45. The minimum Gasteiger partial charge on any atom is -0.325 e. The number of pyridine rings is 1. The first-order valence-electron chi connectivity index (χ1n) is 6.36. The van der Waals surface area contributed by atoms with Gasteiger partial charge < -0.3 is 5.73 Å². The molecule has 0 aliphatic carbocycles. The number of aromatic nitrogens is 1. The van der Waals surface area contributed by atoms with Gasteiger partial charge in [-0.2, -0.15) is 0 Å². The molecule has 2 N–H and O–H groups in total. The van der Waals surface area contributed by atoms with Crippen LogP contribution in [-0.4, -0.2) is 13.4 Å². The lowest BCUT2D eigenvalue weighted by atomic mass is 10.2. The van der Waals surface area contributed by atoms with Crippen molar-refractivity contribution < 1.29 is 8.42 Å². The van der Waals surface area contributed by atoms with Crippen molar-refractivity contribution in [2.45, 2.75) is 31.0 Å².